The molecule has 0 spiro atoms. The van der Waals surface area contributed by atoms with Crippen LogP contribution in [0, 0.1) is 51.8 Å². The Morgan fingerprint density at radius 2 is 1.39 bits per heavy atom. The molecule has 5 aliphatic rings. The predicted octanol–water partition coefficient (Wildman–Crippen LogP) is 8.02. The van der Waals surface area contributed by atoms with E-state index in [4.69, 9.17) is 0 Å². The summed E-state index contributed by atoms with van der Waals surface area (Å²) >= 11 is 0. The first-order chi connectivity index (χ1) is 15.6. The number of allylic oxidation sites excluding steroid dienone is 1. The Morgan fingerprint density at radius 1 is 0.818 bits per heavy atom. The highest BCUT2D eigenvalue weighted by atomic mass is 16.3. The summed E-state index contributed by atoms with van der Waals surface area (Å²) in [4.78, 5) is 0. The zero-order valence-electron chi connectivity index (χ0n) is 23.1. The SMILES string of the molecule is C=C(C)C.CC.CC1C(O)CCC2(C)C1CCC1(C)C3CCC4(CO)CCCC4C3CCC21. The van der Waals surface area contributed by atoms with Gasteiger partial charge in [-0.25, -0.2) is 0 Å². The quantitative estimate of drug-likeness (QED) is 0.389. The summed E-state index contributed by atoms with van der Waals surface area (Å²) in [6.07, 6.45) is 14.4. The van der Waals surface area contributed by atoms with Gasteiger partial charge in [0, 0.05) is 6.61 Å². The standard InChI is InChI=1S/C25H42O2.C4H8.C2H6/c1-16-18-8-12-24(3)19-9-14-25(15-26)11-4-5-20(25)17(19)6-7-22(24)23(18,2)13-10-21(16)27;1-4(2)3;1-2/h16-22,26-27H,4-15H2,1-3H3;1H2,2-3H3;1-2H3. The Kier molecular flexibility index (Phi) is 8.54. The van der Waals surface area contributed by atoms with Gasteiger partial charge in [0.05, 0.1) is 6.10 Å². The average Bonchev–Trinajstić information content (AvgIpc) is 3.22. The van der Waals surface area contributed by atoms with Crippen molar-refractivity contribution >= 4 is 0 Å². The maximum atomic E-state index is 10.5. The smallest absolute Gasteiger partial charge is 0.0568 e. The van der Waals surface area contributed by atoms with E-state index in [9.17, 15) is 10.2 Å². The van der Waals surface area contributed by atoms with Gasteiger partial charge < -0.3 is 10.2 Å². The van der Waals surface area contributed by atoms with Gasteiger partial charge in [-0.15, -0.1) is 6.58 Å². The molecule has 33 heavy (non-hydrogen) atoms. The van der Waals surface area contributed by atoms with E-state index in [0.717, 1.165) is 36.0 Å². The topological polar surface area (TPSA) is 40.5 Å². The molecule has 5 fully saturated rings. The van der Waals surface area contributed by atoms with Crippen LogP contribution in [0.25, 0.3) is 0 Å². The van der Waals surface area contributed by atoms with E-state index < -0.39 is 0 Å². The molecule has 5 aliphatic carbocycles. The molecule has 5 saturated carbocycles. The third-order valence-corrected chi connectivity index (χ3v) is 11.6. The fourth-order valence-corrected chi connectivity index (χ4v) is 10.2. The van der Waals surface area contributed by atoms with E-state index in [-0.39, 0.29) is 11.5 Å². The summed E-state index contributed by atoms with van der Waals surface area (Å²) in [7, 11) is 0. The van der Waals surface area contributed by atoms with Crippen LogP contribution < -0.4 is 0 Å². The first kappa shape index (κ1) is 27.3. The molecule has 2 heteroatoms. The monoisotopic (exact) mass is 460 g/mol. The molecule has 10 unspecified atom stereocenters. The second-order valence-corrected chi connectivity index (χ2v) is 13.3. The van der Waals surface area contributed by atoms with Gasteiger partial charge in [-0.05, 0) is 130 Å². The summed E-state index contributed by atoms with van der Waals surface area (Å²) in [6.45, 7) is 19.6. The summed E-state index contributed by atoms with van der Waals surface area (Å²) in [5.41, 5.74) is 2.40. The lowest BCUT2D eigenvalue weighted by Crippen LogP contribution is -2.61. The molecule has 0 radical (unpaired) electrons. The predicted molar refractivity (Wildman–Crippen MR) is 141 cm³/mol. The molecule has 2 N–H and O–H groups in total. The Hall–Kier alpha value is -0.340. The molecule has 2 nitrogen and oxygen atoms in total. The van der Waals surface area contributed by atoms with Crippen LogP contribution in [-0.2, 0) is 0 Å². The van der Waals surface area contributed by atoms with Gasteiger partial charge in [0.2, 0.25) is 0 Å². The maximum absolute atomic E-state index is 10.5. The van der Waals surface area contributed by atoms with Crippen molar-refractivity contribution in [2.75, 3.05) is 6.61 Å². The number of aliphatic hydroxyl groups excluding tert-OH is 2. The zero-order valence-corrected chi connectivity index (χ0v) is 23.1. The van der Waals surface area contributed by atoms with E-state index in [0.29, 0.717) is 23.4 Å². The largest absolute Gasteiger partial charge is 0.396 e. The van der Waals surface area contributed by atoms with Crippen molar-refractivity contribution in [3.8, 4) is 0 Å². The second kappa shape index (κ2) is 10.3. The molecular formula is C31H56O2. The van der Waals surface area contributed by atoms with Crippen LogP contribution in [0.3, 0.4) is 0 Å². The molecule has 5 rings (SSSR count). The third kappa shape index (κ3) is 4.50. The highest BCUT2D eigenvalue weighted by Gasteiger charge is 2.64. The summed E-state index contributed by atoms with van der Waals surface area (Å²) in [6, 6.07) is 0. The van der Waals surface area contributed by atoms with Crippen LogP contribution in [0.15, 0.2) is 12.2 Å². The van der Waals surface area contributed by atoms with E-state index in [1.807, 2.05) is 27.7 Å². The van der Waals surface area contributed by atoms with Gasteiger partial charge in [-0.1, -0.05) is 46.6 Å². The number of fused-ring (bicyclic) bond motifs is 7. The lowest BCUT2D eigenvalue weighted by atomic mass is 9.37. The summed E-state index contributed by atoms with van der Waals surface area (Å²) in [5.74, 6) is 4.62. The molecule has 0 aliphatic heterocycles. The highest BCUT2D eigenvalue weighted by molar-refractivity contribution is 5.13. The zero-order chi connectivity index (χ0) is 24.6. The molecule has 10 atom stereocenters. The Bertz CT molecular complexity index is 668. The minimum Gasteiger partial charge on any atom is -0.396 e. The minimum absolute atomic E-state index is 0.0675. The second-order valence-electron chi connectivity index (χ2n) is 13.3. The van der Waals surface area contributed by atoms with Gasteiger partial charge in [0.15, 0.2) is 0 Å². The summed E-state index contributed by atoms with van der Waals surface area (Å²) in [5, 5.41) is 20.8. The molecule has 0 aromatic heterocycles. The van der Waals surface area contributed by atoms with E-state index in [1.54, 1.807) is 0 Å². The van der Waals surface area contributed by atoms with Crippen LogP contribution in [-0.4, -0.2) is 22.9 Å². The van der Waals surface area contributed by atoms with Crippen LogP contribution in [0.5, 0.6) is 0 Å². The van der Waals surface area contributed by atoms with Crippen molar-refractivity contribution in [3.63, 3.8) is 0 Å². The number of hydrogen-bond acceptors (Lipinski definition) is 2. The van der Waals surface area contributed by atoms with Crippen molar-refractivity contribution in [2.45, 2.75) is 125 Å². The number of aliphatic hydroxyl groups is 2. The summed E-state index contributed by atoms with van der Waals surface area (Å²) < 4.78 is 0. The molecular weight excluding hydrogens is 404 g/mol. The van der Waals surface area contributed by atoms with Crippen molar-refractivity contribution < 1.29 is 10.2 Å². The van der Waals surface area contributed by atoms with Gasteiger partial charge in [0.1, 0.15) is 0 Å². The molecule has 0 aromatic carbocycles. The van der Waals surface area contributed by atoms with Crippen LogP contribution >= 0.6 is 0 Å². The van der Waals surface area contributed by atoms with Crippen molar-refractivity contribution in [2.24, 2.45) is 51.8 Å². The van der Waals surface area contributed by atoms with Crippen LogP contribution in [0.2, 0.25) is 0 Å². The average molecular weight is 461 g/mol. The Balaban J connectivity index is 0.000000464. The minimum atomic E-state index is -0.0675. The van der Waals surface area contributed by atoms with Crippen LogP contribution in [0.4, 0.5) is 0 Å². The molecule has 0 amide bonds. The van der Waals surface area contributed by atoms with Gasteiger partial charge in [0.25, 0.3) is 0 Å². The Labute approximate surface area is 206 Å². The van der Waals surface area contributed by atoms with Gasteiger partial charge >= 0.3 is 0 Å². The molecule has 0 bridgehead atoms. The molecule has 0 saturated heterocycles. The highest BCUT2D eigenvalue weighted by Crippen LogP contribution is 2.71. The molecule has 0 heterocycles. The van der Waals surface area contributed by atoms with Crippen molar-refractivity contribution in [1.29, 1.82) is 0 Å². The molecule has 0 aromatic rings. The van der Waals surface area contributed by atoms with Crippen LogP contribution in [0.1, 0.15) is 119 Å². The fourth-order valence-electron chi connectivity index (χ4n) is 10.2. The first-order valence-corrected chi connectivity index (χ1v) is 14.5. The van der Waals surface area contributed by atoms with E-state index >= 15 is 0 Å². The number of hydrogen-bond donors (Lipinski definition) is 2. The normalized spacial score (nSPS) is 50.2. The van der Waals surface area contributed by atoms with E-state index in [2.05, 4.69) is 27.4 Å². The van der Waals surface area contributed by atoms with E-state index in [1.165, 1.54) is 69.8 Å². The van der Waals surface area contributed by atoms with Gasteiger partial charge in [-0.3, -0.25) is 0 Å². The molecule has 192 valence electrons. The fraction of sp³-hybridized carbons (Fsp3) is 0.935. The van der Waals surface area contributed by atoms with Gasteiger partial charge in [-0.2, -0.15) is 0 Å². The lowest BCUT2D eigenvalue weighted by Gasteiger charge is -2.67. The first-order valence-electron chi connectivity index (χ1n) is 14.5. The maximum Gasteiger partial charge on any atom is 0.0568 e. The Morgan fingerprint density at radius 3 is 2.03 bits per heavy atom. The van der Waals surface area contributed by atoms with Crippen molar-refractivity contribution in [3.05, 3.63) is 12.2 Å². The van der Waals surface area contributed by atoms with Crippen molar-refractivity contribution in [1.82, 2.24) is 0 Å². The third-order valence-electron chi connectivity index (χ3n) is 11.6. The number of rotatable bonds is 1. The lowest BCUT2D eigenvalue weighted by molar-refractivity contribution is -0.197.